The molecule has 2 rings (SSSR count). The quantitative estimate of drug-likeness (QED) is 0.899. The molecule has 19 heavy (non-hydrogen) atoms. The number of halogens is 1. The molecule has 1 atom stereocenters. The lowest BCUT2D eigenvalue weighted by molar-refractivity contribution is 0.378. The SMILES string of the molecule is CNCC1CCCN1S(=O)(=O)Cc1ccccc1.Cl. The van der Waals surface area contributed by atoms with E-state index in [0.29, 0.717) is 6.54 Å². The van der Waals surface area contributed by atoms with Crippen LogP contribution in [0.2, 0.25) is 0 Å². The van der Waals surface area contributed by atoms with Gasteiger partial charge >= 0.3 is 0 Å². The first-order valence-electron chi connectivity index (χ1n) is 6.31. The molecule has 1 aliphatic heterocycles. The highest BCUT2D eigenvalue weighted by Crippen LogP contribution is 2.22. The van der Waals surface area contributed by atoms with Gasteiger partial charge in [0, 0.05) is 19.1 Å². The molecule has 1 aromatic carbocycles. The van der Waals surface area contributed by atoms with Crippen molar-refractivity contribution >= 4 is 22.4 Å². The smallest absolute Gasteiger partial charge is 0.218 e. The monoisotopic (exact) mass is 304 g/mol. The van der Waals surface area contributed by atoms with Gasteiger partial charge in [0.1, 0.15) is 0 Å². The van der Waals surface area contributed by atoms with Crippen LogP contribution in [0.5, 0.6) is 0 Å². The van der Waals surface area contributed by atoms with Gasteiger partial charge in [-0.25, -0.2) is 8.42 Å². The zero-order chi connectivity index (χ0) is 13.0. The molecule has 1 unspecified atom stereocenters. The second-order valence-corrected chi connectivity index (χ2v) is 6.63. The number of nitrogens with one attached hydrogen (secondary N) is 1. The Balaban J connectivity index is 0.00000180. The zero-order valence-electron chi connectivity index (χ0n) is 11.1. The fourth-order valence-electron chi connectivity index (χ4n) is 2.48. The average molecular weight is 305 g/mol. The van der Waals surface area contributed by atoms with Crippen molar-refractivity contribution < 1.29 is 8.42 Å². The normalized spacial score (nSPS) is 20.2. The Bertz CT molecular complexity index is 479. The van der Waals surface area contributed by atoms with Crippen LogP contribution < -0.4 is 5.32 Å². The molecule has 6 heteroatoms. The van der Waals surface area contributed by atoms with Crippen molar-refractivity contribution in [3.8, 4) is 0 Å². The zero-order valence-corrected chi connectivity index (χ0v) is 12.7. The third-order valence-electron chi connectivity index (χ3n) is 3.31. The van der Waals surface area contributed by atoms with Crippen molar-refractivity contribution in [3.63, 3.8) is 0 Å². The van der Waals surface area contributed by atoms with Crippen molar-refractivity contribution in [3.05, 3.63) is 35.9 Å². The van der Waals surface area contributed by atoms with Gasteiger partial charge in [-0.2, -0.15) is 4.31 Å². The Kier molecular flexibility index (Phi) is 6.26. The van der Waals surface area contributed by atoms with Crippen molar-refractivity contribution in [2.75, 3.05) is 20.1 Å². The predicted octanol–water partition coefficient (Wildman–Crippen LogP) is 1.62. The molecule has 0 aliphatic carbocycles. The molecule has 0 radical (unpaired) electrons. The predicted molar refractivity (Wildman–Crippen MR) is 80.0 cm³/mol. The molecular formula is C13H21ClN2O2S. The molecule has 0 amide bonds. The summed E-state index contributed by atoms with van der Waals surface area (Å²) in [6.45, 7) is 1.38. The number of nitrogens with zero attached hydrogens (tertiary/aromatic N) is 1. The van der Waals surface area contributed by atoms with Gasteiger partial charge in [0.25, 0.3) is 0 Å². The summed E-state index contributed by atoms with van der Waals surface area (Å²) in [6.07, 6.45) is 1.91. The van der Waals surface area contributed by atoms with Crippen LogP contribution in [-0.2, 0) is 15.8 Å². The van der Waals surface area contributed by atoms with Crippen LogP contribution >= 0.6 is 12.4 Å². The molecule has 0 saturated carbocycles. The summed E-state index contributed by atoms with van der Waals surface area (Å²) in [6, 6.07) is 9.49. The van der Waals surface area contributed by atoms with E-state index in [0.717, 1.165) is 24.9 Å². The first kappa shape index (κ1) is 16.4. The Labute approximate surface area is 121 Å². The minimum absolute atomic E-state index is 0. The summed E-state index contributed by atoms with van der Waals surface area (Å²) >= 11 is 0. The van der Waals surface area contributed by atoms with Gasteiger partial charge in [-0.1, -0.05) is 30.3 Å². The fourth-order valence-corrected chi connectivity index (χ4v) is 4.30. The van der Waals surface area contributed by atoms with E-state index in [9.17, 15) is 8.42 Å². The van der Waals surface area contributed by atoms with Gasteiger partial charge < -0.3 is 5.32 Å². The Morgan fingerprint density at radius 1 is 1.32 bits per heavy atom. The van der Waals surface area contributed by atoms with E-state index in [1.165, 1.54) is 0 Å². The highest BCUT2D eigenvalue weighted by molar-refractivity contribution is 7.88. The fraction of sp³-hybridized carbons (Fsp3) is 0.538. The van der Waals surface area contributed by atoms with E-state index in [-0.39, 0.29) is 24.2 Å². The lowest BCUT2D eigenvalue weighted by Gasteiger charge is -2.23. The van der Waals surface area contributed by atoms with Crippen molar-refractivity contribution in [2.45, 2.75) is 24.6 Å². The third kappa shape index (κ3) is 4.18. The van der Waals surface area contributed by atoms with Gasteiger partial charge in [0.2, 0.25) is 10.0 Å². The number of likely N-dealkylation sites (N-methyl/N-ethyl adjacent to an activating group) is 1. The van der Waals surface area contributed by atoms with Gasteiger partial charge in [-0.3, -0.25) is 0 Å². The first-order valence-corrected chi connectivity index (χ1v) is 7.92. The maximum atomic E-state index is 12.4. The van der Waals surface area contributed by atoms with Crippen LogP contribution in [0.3, 0.4) is 0 Å². The number of hydrogen-bond acceptors (Lipinski definition) is 3. The van der Waals surface area contributed by atoms with Crippen LogP contribution in [0, 0.1) is 0 Å². The van der Waals surface area contributed by atoms with Crippen LogP contribution in [0.25, 0.3) is 0 Å². The number of benzene rings is 1. The molecule has 1 fully saturated rings. The van der Waals surface area contributed by atoms with E-state index in [2.05, 4.69) is 5.32 Å². The summed E-state index contributed by atoms with van der Waals surface area (Å²) in [4.78, 5) is 0. The molecule has 108 valence electrons. The van der Waals surface area contributed by atoms with Crippen LogP contribution in [0.15, 0.2) is 30.3 Å². The first-order chi connectivity index (χ1) is 8.63. The molecule has 0 spiro atoms. The second kappa shape index (κ2) is 7.24. The second-order valence-electron chi connectivity index (χ2n) is 4.71. The van der Waals surface area contributed by atoms with Crippen molar-refractivity contribution in [1.82, 2.24) is 9.62 Å². The molecule has 4 nitrogen and oxygen atoms in total. The molecule has 1 heterocycles. The molecule has 0 bridgehead atoms. The summed E-state index contributed by atoms with van der Waals surface area (Å²) in [5.74, 6) is 0.105. The summed E-state index contributed by atoms with van der Waals surface area (Å²) < 4.78 is 26.4. The molecule has 0 aromatic heterocycles. The summed E-state index contributed by atoms with van der Waals surface area (Å²) in [7, 11) is -1.33. The van der Waals surface area contributed by atoms with Gasteiger partial charge in [0.05, 0.1) is 5.75 Å². The largest absolute Gasteiger partial charge is 0.318 e. The number of sulfonamides is 1. The molecule has 1 N–H and O–H groups in total. The molecule has 1 saturated heterocycles. The van der Waals surface area contributed by atoms with Gasteiger partial charge in [-0.15, -0.1) is 12.4 Å². The van der Waals surface area contributed by atoms with E-state index < -0.39 is 10.0 Å². The maximum Gasteiger partial charge on any atom is 0.218 e. The van der Waals surface area contributed by atoms with Crippen molar-refractivity contribution in [1.29, 1.82) is 0 Å². The highest BCUT2D eigenvalue weighted by Gasteiger charge is 2.33. The van der Waals surface area contributed by atoms with E-state index in [1.807, 2.05) is 37.4 Å². The van der Waals surface area contributed by atoms with Crippen LogP contribution in [0.4, 0.5) is 0 Å². The van der Waals surface area contributed by atoms with E-state index in [4.69, 9.17) is 0 Å². The topological polar surface area (TPSA) is 49.4 Å². The van der Waals surface area contributed by atoms with E-state index >= 15 is 0 Å². The average Bonchev–Trinajstić information content (AvgIpc) is 2.79. The lowest BCUT2D eigenvalue weighted by atomic mass is 10.2. The minimum Gasteiger partial charge on any atom is -0.318 e. The van der Waals surface area contributed by atoms with Gasteiger partial charge in [0.15, 0.2) is 0 Å². The Hall–Kier alpha value is -0.620. The van der Waals surface area contributed by atoms with Gasteiger partial charge in [-0.05, 0) is 25.5 Å². The highest BCUT2D eigenvalue weighted by atomic mass is 35.5. The molecule has 1 aromatic rings. The Morgan fingerprint density at radius 3 is 2.63 bits per heavy atom. The lowest BCUT2D eigenvalue weighted by Crippen LogP contribution is -2.41. The van der Waals surface area contributed by atoms with Crippen LogP contribution in [-0.4, -0.2) is 38.9 Å². The molecule has 1 aliphatic rings. The molecular weight excluding hydrogens is 284 g/mol. The third-order valence-corrected chi connectivity index (χ3v) is 5.21. The van der Waals surface area contributed by atoms with E-state index in [1.54, 1.807) is 4.31 Å². The standard InChI is InChI=1S/C13H20N2O2S.ClH/c1-14-10-13-8-5-9-15(13)18(16,17)11-12-6-3-2-4-7-12;/h2-4,6-7,13-14H,5,8-11H2,1H3;1H. The number of rotatable bonds is 5. The minimum atomic E-state index is -3.19. The number of hydrogen-bond donors (Lipinski definition) is 1. The Morgan fingerprint density at radius 2 is 2.00 bits per heavy atom. The van der Waals surface area contributed by atoms with Crippen molar-refractivity contribution in [2.24, 2.45) is 0 Å². The van der Waals surface area contributed by atoms with Crippen LogP contribution in [0.1, 0.15) is 18.4 Å². The summed E-state index contributed by atoms with van der Waals surface area (Å²) in [5, 5.41) is 3.07. The maximum absolute atomic E-state index is 12.4. The summed E-state index contributed by atoms with van der Waals surface area (Å²) in [5.41, 5.74) is 0.854.